The molecule has 2 unspecified atom stereocenters. The molecule has 0 saturated heterocycles. The summed E-state index contributed by atoms with van der Waals surface area (Å²) in [7, 11) is 0. The molecule has 3 N–H and O–H groups in total. The number of unbranched alkanes of at least 4 members (excludes halogenated alkanes) is 36. The molecule has 0 radical (unpaired) electrons. The molecule has 6 heteroatoms. The van der Waals surface area contributed by atoms with Gasteiger partial charge in [-0.1, -0.05) is 237 Å². The highest BCUT2D eigenvalue weighted by atomic mass is 16.5. The van der Waals surface area contributed by atoms with E-state index in [1.807, 2.05) is 6.08 Å². The van der Waals surface area contributed by atoms with Crippen LogP contribution in [-0.4, -0.2) is 47.4 Å². The van der Waals surface area contributed by atoms with Crippen LogP contribution in [0.2, 0.25) is 0 Å². The van der Waals surface area contributed by atoms with Crippen molar-refractivity contribution in [2.24, 2.45) is 0 Å². The van der Waals surface area contributed by atoms with Crippen molar-refractivity contribution < 1.29 is 24.5 Å². The summed E-state index contributed by atoms with van der Waals surface area (Å²) in [6.07, 6.45) is 58.9. The molecular weight excluding hydrogens is 743 g/mol. The smallest absolute Gasteiger partial charge is 0.305 e. The first-order valence-electron chi connectivity index (χ1n) is 26.6. The Morgan fingerprint density at radius 3 is 1.18 bits per heavy atom. The van der Waals surface area contributed by atoms with Crippen LogP contribution in [-0.2, 0) is 14.3 Å². The minimum absolute atomic E-state index is 0.0286. The fourth-order valence-electron chi connectivity index (χ4n) is 8.10. The van der Waals surface area contributed by atoms with Crippen LogP contribution in [0, 0.1) is 0 Å². The molecule has 0 aromatic carbocycles. The summed E-state index contributed by atoms with van der Waals surface area (Å²) in [6.45, 7) is 4.85. The maximum absolute atomic E-state index is 12.4. The zero-order chi connectivity index (χ0) is 43.7. The lowest BCUT2D eigenvalue weighted by Gasteiger charge is -2.20. The molecule has 0 saturated carbocycles. The van der Waals surface area contributed by atoms with Crippen molar-refractivity contribution in [3.8, 4) is 0 Å². The van der Waals surface area contributed by atoms with Crippen LogP contribution in [0.3, 0.4) is 0 Å². The highest BCUT2D eigenvalue weighted by Crippen LogP contribution is 2.16. The van der Waals surface area contributed by atoms with Crippen LogP contribution in [0.25, 0.3) is 0 Å². The molecule has 0 spiro atoms. The summed E-state index contributed by atoms with van der Waals surface area (Å²) in [4.78, 5) is 24.5. The molecule has 1 amide bonds. The molecule has 0 aliphatic carbocycles. The normalized spacial score (nSPS) is 12.8. The molecule has 60 heavy (non-hydrogen) atoms. The van der Waals surface area contributed by atoms with Gasteiger partial charge in [0.1, 0.15) is 0 Å². The Morgan fingerprint density at radius 1 is 0.450 bits per heavy atom. The maximum Gasteiger partial charge on any atom is 0.305 e. The van der Waals surface area contributed by atoms with Gasteiger partial charge in [-0.05, 0) is 57.8 Å². The van der Waals surface area contributed by atoms with E-state index < -0.39 is 12.1 Å². The standard InChI is InChI=1S/C54H103NO5/c1-3-5-7-9-11-13-15-17-19-20-21-23-24-26-30-34-38-42-46-52(57)51(50-56)55-53(58)47-43-39-35-31-28-29-33-37-41-45-49-60-54(59)48-44-40-36-32-27-25-22-18-16-14-12-10-8-6-4-2/h18,22,42,46,51-52,56-57H,3-17,19-21,23-41,43-45,47-50H2,1-2H3,(H,55,58)/b22-18-,46-42+. The summed E-state index contributed by atoms with van der Waals surface area (Å²) in [5.74, 6) is -0.118. The molecule has 0 heterocycles. The number of nitrogens with one attached hydrogen (secondary N) is 1. The number of aliphatic hydroxyl groups excluding tert-OH is 2. The topological polar surface area (TPSA) is 95.9 Å². The van der Waals surface area contributed by atoms with Crippen molar-refractivity contribution in [3.63, 3.8) is 0 Å². The van der Waals surface area contributed by atoms with E-state index in [4.69, 9.17) is 4.74 Å². The van der Waals surface area contributed by atoms with Gasteiger partial charge in [-0.25, -0.2) is 0 Å². The van der Waals surface area contributed by atoms with Crippen molar-refractivity contribution in [3.05, 3.63) is 24.3 Å². The summed E-state index contributed by atoms with van der Waals surface area (Å²) in [5, 5.41) is 23.1. The highest BCUT2D eigenvalue weighted by molar-refractivity contribution is 5.76. The van der Waals surface area contributed by atoms with Crippen molar-refractivity contribution in [2.45, 2.75) is 296 Å². The van der Waals surface area contributed by atoms with Crippen LogP contribution >= 0.6 is 0 Å². The number of aliphatic hydroxyl groups is 2. The van der Waals surface area contributed by atoms with E-state index in [0.29, 0.717) is 19.4 Å². The van der Waals surface area contributed by atoms with E-state index in [1.54, 1.807) is 6.08 Å². The van der Waals surface area contributed by atoms with E-state index in [2.05, 4.69) is 31.3 Å². The molecule has 0 bridgehead atoms. The van der Waals surface area contributed by atoms with Gasteiger partial charge in [0.2, 0.25) is 5.91 Å². The molecule has 0 rings (SSSR count). The minimum atomic E-state index is -0.859. The third-order valence-electron chi connectivity index (χ3n) is 12.2. The van der Waals surface area contributed by atoms with Gasteiger partial charge in [0.05, 0.1) is 25.4 Å². The average Bonchev–Trinajstić information content (AvgIpc) is 3.25. The summed E-state index contributed by atoms with van der Waals surface area (Å²) < 4.78 is 5.45. The maximum atomic E-state index is 12.4. The lowest BCUT2D eigenvalue weighted by Crippen LogP contribution is -2.45. The molecule has 354 valence electrons. The zero-order valence-corrected chi connectivity index (χ0v) is 40.2. The Hall–Kier alpha value is -1.66. The Bertz CT molecular complexity index is 935. The number of hydrogen-bond acceptors (Lipinski definition) is 5. The van der Waals surface area contributed by atoms with Crippen molar-refractivity contribution in [1.29, 1.82) is 0 Å². The number of ether oxygens (including phenoxy) is 1. The van der Waals surface area contributed by atoms with Crippen LogP contribution < -0.4 is 5.32 Å². The minimum Gasteiger partial charge on any atom is -0.466 e. The van der Waals surface area contributed by atoms with Gasteiger partial charge in [-0.3, -0.25) is 9.59 Å². The molecule has 2 atom stereocenters. The molecule has 0 fully saturated rings. The van der Waals surface area contributed by atoms with Crippen molar-refractivity contribution in [2.75, 3.05) is 13.2 Å². The molecule has 0 aliphatic rings. The number of allylic oxidation sites excluding steroid dienone is 3. The van der Waals surface area contributed by atoms with Gasteiger partial charge in [0.15, 0.2) is 0 Å². The number of carbonyl (C=O) groups excluding carboxylic acids is 2. The van der Waals surface area contributed by atoms with Gasteiger partial charge in [-0.15, -0.1) is 0 Å². The Balaban J connectivity index is 3.52. The lowest BCUT2D eigenvalue weighted by atomic mass is 10.0. The van der Waals surface area contributed by atoms with E-state index in [9.17, 15) is 19.8 Å². The molecule has 0 aromatic heterocycles. The summed E-state index contributed by atoms with van der Waals surface area (Å²) in [5.41, 5.74) is 0. The predicted octanol–water partition coefficient (Wildman–Crippen LogP) is 15.9. The first-order chi connectivity index (χ1) is 29.5. The van der Waals surface area contributed by atoms with E-state index in [-0.39, 0.29) is 18.5 Å². The van der Waals surface area contributed by atoms with Gasteiger partial charge in [-0.2, -0.15) is 0 Å². The van der Waals surface area contributed by atoms with Crippen LogP contribution in [0.1, 0.15) is 284 Å². The van der Waals surface area contributed by atoms with Crippen molar-refractivity contribution in [1.82, 2.24) is 5.32 Å². The van der Waals surface area contributed by atoms with Crippen molar-refractivity contribution >= 4 is 11.9 Å². The van der Waals surface area contributed by atoms with Gasteiger partial charge in [0.25, 0.3) is 0 Å². The molecular formula is C54H103NO5. The quantitative estimate of drug-likeness (QED) is 0.0322. The summed E-state index contributed by atoms with van der Waals surface area (Å²) in [6, 6.07) is -0.645. The zero-order valence-electron chi connectivity index (χ0n) is 40.2. The molecule has 0 aliphatic heterocycles. The Morgan fingerprint density at radius 2 is 0.783 bits per heavy atom. The predicted molar refractivity (Wildman–Crippen MR) is 260 cm³/mol. The highest BCUT2D eigenvalue weighted by Gasteiger charge is 2.18. The average molecular weight is 846 g/mol. The largest absolute Gasteiger partial charge is 0.466 e. The van der Waals surface area contributed by atoms with Gasteiger partial charge < -0.3 is 20.3 Å². The van der Waals surface area contributed by atoms with Crippen LogP contribution in [0.15, 0.2) is 24.3 Å². The second-order valence-electron chi connectivity index (χ2n) is 18.2. The van der Waals surface area contributed by atoms with Crippen LogP contribution in [0.5, 0.6) is 0 Å². The van der Waals surface area contributed by atoms with Gasteiger partial charge >= 0.3 is 5.97 Å². The number of esters is 1. The van der Waals surface area contributed by atoms with Crippen LogP contribution in [0.4, 0.5) is 0 Å². The monoisotopic (exact) mass is 846 g/mol. The fraction of sp³-hybridized carbons (Fsp3) is 0.889. The third-order valence-corrected chi connectivity index (χ3v) is 12.2. The molecule has 0 aromatic rings. The number of hydrogen-bond donors (Lipinski definition) is 3. The first-order valence-corrected chi connectivity index (χ1v) is 26.6. The SMILES string of the molecule is CCCCCCCC/C=C\CCCCCCCC(=O)OCCCCCCCCCCCCC(=O)NC(CO)C(O)/C=C/CCCCCCCCCCCCCCCCCC. The third kappa shape index (κ3) is 45.9. The second-order valence-corrected chi connectivity index (χ2v) is 18.2. The molecule has 6 nitrogen and oxygen atoms in total. The fourth-order valence-corrected chi connectivity index (χ4v) is 8.10. The summed E-state index contributed by atoms with van der Waals surface area (Å²) >= 11 is 0. The van der Waals surface area contributed by atoms with Gasteiger partial charge in [0, 0.05) is 12.8 Å². The Kier molecular flexibility index (Phi) is 48.6. The first kappa shape index (κ1) is 58.3. The second kappa shape index (κ2) is 50.0. The van der Waals surface area contributed by atoms with E-state index in [0.717, 1.165) is 57.8 Å². The van der Waals surface area contributed by atoms with E-state index in [1.165, 1.54) is 199 Å². The number of rotatable bonds is 49. The number of carbonyl (C=O) groups is 2. The van der Waals surface area contributed by atoms with E-state index >= 15 is 0 Å². The Labute approximate surface area is 373 Å². The lowest BCUT2D eigenvalue weighted by molar-refractivity contribution is -0.143. The number of amides is 1.